The summed E-state index contributed by atoms with van der Waals surface area (Å²) >= 11 is 2.23. The van der Waals surface area contributed by atoms with Gasteiger partial charge in [-0.3, -0.25) is 4.79 Å². The molecule has 1 heterocycles. The van der Waals surface area contributed by atoms with Crippen molar-refractivity contribution in [1.82, 2.24) is 0 Å². The van der Waals surface area contributed by atoms with E-state index in [2.05, 4.69) is 22.6 Å². The minimum Gasteiger partial charge on any atom is -1.00 e. The topological polar surface area (TPSA) is 30.2 Å². The number of aromatic nitrogens is 1. The number of hydrogen-bond acceptors (Lipinski definition) is 2. The van der Waals surface area contributed by atoms with Crippen molar-refractivity contribution < 1.29 is 31.1 Å². The first-order chi connectivity index (χ1) is 10.7. The van der Waals surface area contributed by atoms with Gasteiger partial charge in [0.15, 0.2) is 6.20 Å². The molecule has 0 aliphatic carbocycles. The molecule has 0 fully saturated rings. The Morgan fingerprint density at radius 3 is 2.57 bits per heavy atom. The maximum Gasteiger partial charge on any atom is 0.227 e. The summed E-state index contributed by atoms with van der Waals surface area (Å²) in [5.41, 5.74) is 1.75. The van der Waals surface area contributed by atoms with E-state index in [0.717, 1.165) is 25.8 Å². The number of benzene rings is 2. The molecule has 0 amide bonds. The zero-order chi connectivity index (χ0) is 15.5. The number of carbonyl (C=O) groups excluding carboxylic acids is 1. The van der Waals surface area contributed by atoms with Gasteiger partial charge in [0, 0.05) is 21.3 Å². The molecular formula is C18H15BrINO2. The molecule has 0 aliphatic rings. The molecule has 0 spiro atoms. The Balaban J connectivity index is 0.00000192. The summed E-state index contributed by atoms with van der Waals surface area (Å²) in [4.78, 5) is 12.4. The van der Waals surface area contributed by atoms with Crippen molar-refractivity contribution in [3.05, 3.63) is 69.9 Å². The molecule has 3 nitrogen and oxygen atoms in total. The van der Waals surface area contributed by atoms with Crippen LogP contribution in [0.2, 0.25) is 0 Å². The highest BCUT2D eigenvalue weighted by atomic mass is 127. The zero-order valence-electron chi connectivity index (χ0n) is 12.5. The number of hydrogen-bond donors (Lipinski definition) is 0. The molecule has 5 heteroatoms. The minimum atomic E-state index is 0. The lowest BCUT2D eigenvalue weighted by Gasteiger charge is -2.04. The molecule has 0 unspecified atom stereocenters. The molecule has 0 radical (unpaired) electrons. The van der Waals surface area contributed by atoms with Crippen molar-refractivity contribution in [2.75, 3.05) is 7.11 Å². The van der Waals surface area contributed by atoms with Gasteiger partial charge in [-0.2, -0.15) is 4.57 Å². The largest absolute Gasteiger partial charge is 1.00 e. The maximum absolute atomic E-state index is 12.4. The average Bonchev–Trinajstić information content (AvgIpc) is 2.55. The van der Waals surface area contributed by atoms with Gasteiger partial charge in [-0.05, 0) is 52.9 Å². The van der Waals surface area contributed by atoms with Crippen LogP contribution in [0, 0.1) is 3.57 Å². The first-order valence-corrected chi connectivity index (χ1v) is 8.00. The standard InChI is InChI=1S/C18H15INO2.BrH/c1-22-16-8-9-17-14(11-16)3-2-10-20(17)12-18(21)13-4-6-15(19)7-5-13;/h2-11H,12H2,1H3;1H/q+1;/p-1. The third kappa shape index (κ3) is 4.09. The molecule has 3 rings (SSSR count). The molecule has 0 bridgehead atoms. The summed E-state index contributed by atoms with van der Waals surface area (Å²) < 4.78 is 8.34. The van der Waals surface area contributed by atoms with Crippen molar-refractivity contribution >= 4 is 39.3 Å². The van der Waals surface area contributed by atoms with E-state index in [-0.39, 0.29) is 22.8 Å². The van der Waals surface area contributed by atoms with Crippen LogP contribution in [0.15, 0.2) is 60.8 Å². The van der Waals surface area contributed by atoms with E-state index in [1.54, 1.807) is 7.11 Å². The highest BCUT2D eigenvalue weighted by molar-refractivity contribution is 14.1. The Labute approximate surface area is 159 Å². The molecule has 118 valence electrons. The predicted molar refractivity (Wildman–Crippen MR) is 94.2 cm³/mol. The fourth-order valence-electron chi connectivity index (χ4n) is 2.41. The van der Waals surface area contributed by atoms with Crippen molar-refractivity contribution in [2.24, 2.45) is 0 Å². The van der Waals surface area contributed by atoms with E-state index in [4.69, 9.17) is 4.74 Å². The quantitative estimate of drug-likeness (QED) is 0.309. The van der Waals surface area contributed by atoms with E-state index in [0.29, 0.717) is 6.54 Å². The number of pyridine rings is 1. The van der Waals surface area contributed by atoms with Gasteiger partial charge in [0.05, 0.1) is 12.5 Å². The van der Waals surface area contributed by atoms with Gasteiger partial charge in [-0.25, -0.2) is 0 Å². The molecule has 0 aliphatic heterocycles. The van der Waals surface area contributed by atoms with Crippen LogP contribution in [-0.4, -0.2) is 12.9 Å². The van der Waals surface area contributed by atoms with Crippen LogP contribution >= 0.6 is 22.6 Å². The molecule has 3 aromatic rings. The molecular weight excluding hydrogens is 469 g/mol. The van der Waals surface area contributed by atoms with Crippen LogP contribution in [0.5, 0.6) is 5.75 Å². The lowest BCUT2D eigenvalue weighted by atomic mass is 10.1. The van der Waals surface area contributed by atoms with Crippen LogP contribution in [0.1, 0.15) is 10.4 Å². The molecule has 2 aromatic carbocycles. The molecule has 1 aromatic heterocycles. The lowest BCUT2D eigenvalue weighted by Crippen LogP contribution is -3.00. The fourth-order valence-corrected chi connectivity index (χ4v) is 2.76. The minimum absolute atomic E-state index is 0. The van der Waals surface area contributed by atoms with Crippen molar-refractivity contribution in [2.45, 2.75) is 6.54 Å². The Bertz CT molecular complexity index is 834. The van der Waals surface area contributed by atoms with Crippen LogP contribution < -0.4 is 26.3 Å². The smallest absolute Gasteiger partial charge is 0.227 e. The summed E-state index contributed by atoms with van der Waals surface area (Å²) in [5.74, 6) is 0.916. The molecule has 0 atom stereocenters. The second kappa shape index (κ2) is 7.88. The summed E-state index contributed by atoms with van der Waals surface area (Å²) in [7, 11) is 1.65. The average molecular weight is 484 g/mol. The summed E-state index contributed by atoms with van der Waals surface area (Å²) in [6.45, 7) is 0.324. The van der Waals surface area contributed by atoms with Crippen molar-refractivity contribution in [3.8, 4) is 5.75 Å². The number of Topliss-reactive ketones (excluding diaryl/α,β-unsaturated/α-hetero) is 1. The first kappa shape index (κ1) is 17.9. The Kier molecular flexibility index (Phi) is 6.12. The number of fused-ring (bicyclic) bond motifs is 1. The van der Waals surface area contributed by atoms with Gasteiger partial charge < -0.3 is 21.7 Å². The SMILES string of the molecule is COc1ccc2c(ccc[n+]2CC(=O)c2ccc(I)cc2)c1.[Br-]. The Morgan fingerprint density at radius 1 is 1.13 bits per heavy atom. The van der Waals surface area contributed by atoms with Crippen LogP contribution in [0.3, 0.4) is 0 Å². The Morgan fingerprint density at radius 2 is 1.87 bits per heavy atom. The van der Waals surface area contributed by atoms with Crippen LogP contribution in [0.25, 0.3) is 10.9 Å². The molecule has 0 saturated carbocycles. The van der Waals surface area contributed by atoms with Gasteiger partial charge >= 0.3 is 0 Å². The van der Waals surface area contributed by atoms with E-state index in [9.17, 15) is 4.79 Å². The normalized spacial score (nSPS) is 10.2. The van der Waals surface area contributed by atoms with Crippen molar-refractivity contribution in [1.29, 1.82) is 0 Å². The third-order valence-corrected chi connectivity index (χ3v) is 4.29. The highest BCUT2D eigenvalue weighted by Crippen LogP contribution is 2.18. The second-order valence-electron chi connectivity index (χ2n) is 4.99. The number of carbonyl (C=O) groups is 1. The summed E-state index contributed by atoms with van der Waals surface area (Å²) in [5, 5.41) is 1.05. The van der Waals surface area contributed by atoms with Gasteiger partial charge in [-0.1, -0.05) is 12.1 Å². The molecule has 0 N–H and O–H groups in total. The number of nitrogens with zero attached hydrogens (tertiary/aromatic N) is 1. The number of methoxy groups -OCH3 is 1. The van der Waals surface area contributed by atoms with E-state index >= 15 is 0 Å². The van der Waals surface area contributed by atoms with Gasteiger partial charge in [0.2, 0.25) is 17.8 Å². The summed E-state index contributed by atoms with van der Waals surface area (Å²) in [6.07, 6.45) is 1.93. The van der Waals surface area contributed by atoms with E-state index in [1.165, 1.54) is 0 Å². The Hall–Kier alpha value is -1.47. The molecule has 0 saturated heterocycles. The lowest BCUT2D eigenvalue weighted by molar-refractivity contribution is -0.657. The van der Waals surface area contributed by atoms with E-state index < -0.39 is 0 Å². The number of rotatable bonds is 4. The fraction of sp³-hybridized carbons (Fsp3) is 0.111. The van der Waals surface area contributed by atoms with Gasteiger partial charge in [-0.15, -0.1) is 0 Å². The summed E-state index contributed by atoms with van der Waals surface area (Å²) in [6, 6.07) is 17.5. The third-order valence-electron chi connectivity index (χ3n) is 3.57. The van der Waals surface area contributed by atoms with Crippen molar-refractivity contribution in [3.63, 3.8) is 0 Å². The number of halogens is 2. The number of ether oxygens (including phenoxy) is 1. The predicted octanol–water partition coefficient (Wildman–Crippen LogP) is 0.627. The zero-order valence-corrected chi connectivity index (χ0v) is 16.2. The van der Waals surface area contributed by atoms with Crippen LogP contribution in [-0.2, 0) is 6.54 Å². The van der Waals surface area contributed by atoms with E-state index in [1.807, 2.05) is 65.4 Å². The van der Waals surface area contributed by atoms with Gasteiger partial charge in [0.25, 0.3) is 0 Å². The van der Waals surface area contributed by atoms with Crippen LogP contribution in [0.4, 0.5) is 0 Å². The highest BCUT2D eigenvalue weighted by Gasteiger charge is 2.15. The first-order valence-electron chi connectivity index (χ1n) is 6.92. The number of ketones is 1. The van der Waals surface area contributed by atoms with Gasteiger partial charge in [0.1, 0.15) is 5.75 Å². The molecule has 23 heavy (non-hydrogen) atoms. The maximum atomic E-state index is 12.4. The second-order valence-corrected chi connectivity index (χ2v) is 6.24. The monoisotopic (exact) mass is 483 g/mol.